The number of nitrogens with two attached hydrogens (primary N) is 1. The Kier molecular flexibility index (Phi) is 5.93. The Hall–Kier alpha value is -3.35. The average molecular weight is 382 g/mol. The highest BCUT2D eigenvalue weighted by molar-refractivity contribution is 5.99. The summed E-state index contributed by atoms with van der Waals surface area (Å²) in [6.45, 7) is 2.63. The number of benzene rings is 2. The molecule has 1 aliphatic heterocycles. The average Bonchev–Trinajstić information content (AvgIpc) is 3.09. The van der Waals surface area contributed by atoms with Gasteiger partial charge in [-0.05, 0) is 31.2 Å². The minimum Gasteiger partial charge on any atom is -0.494 e. The van der Waals surface area contributed by atoms with Gasteiger partial charge in [0.05, 0.1) is 12.5 Å². The summed E-state index contributed by atoms with van der Waals surface area (Å²) in [5.41, 5.74) is 6.57. The van der Waals surface area contributed by atoms with Crippen molar-refractivity contribution in [1.29, 1.82) is 0 Å². The Bertz CT molecular complexity index is 851. The number of carbonyl (C=O) groups excluding carboxylic acids is 3. The molecule has 2 N–H and O–H groups in total. The fourth-order valence-electron chi connectivity index (χ4n) is 3.13. The monoisotopic (exact) mass is 382 g/mol. The molecule has 2 atom stereocenters. The number of hydrogen-bond acceptors (Lipinski definition) is 5. The van der Waals surface area contributed by atoms with Gasteiger partial charge in [-0.25, -0.2) is 0 Å². The van der Waals surface area contributed by atoms with Gasteiger partial charge in [-0.2, -0.15) is 0 Å². The zero-order valence-electron chi connectivity index (χ0n) is 15.5. The van der Waals surface area contributed by atoms with Gasteiger partial charge in [0.25, 0.3) is 5.91 Å². The summed E-state index contributed by atoms with van der Waals surface area (Å²) in [6.07, 6.45) is -1.16. The van der Waals surface area contributed by atoms with E-state index in [0.29, 0.717) is 23.6 Å². The molecule has 1 fully saturated rings. The fourth-order valence-corrected chi connectivity index (χ4v) is 3.13. The van der Waals surface area contributed by atoms with Crippen molar-refractivity contribution in [3.8, 4) is 5.75 Å². The van der Waals surface area contributed by atoms with Crippen LogP contribution in [0.3, 0.4) is 0 Å². The van der Waals surface area contributed by atoms with Gasteiger partial charge in [0.1, 0.15) is 5.75 Å². The van der Waals surface area contributed by atoms with E-state index in [0.717, 1.165) is 0 Å². The predicted molar refractivity (Wildman–Crippen MR) is 103 cm³/mol. The number of primary amides is 1. The van der Waals surface area contributed by atoms with Gasteiger partial charge in [0.15, 0.2) is 0 Å². The van der Waals surface area contributed by atoms with Crippen LogP contribution in [0.4, 0.5) is 5.69 Å². The Balaban J connectivity index is 1.68. The largest absolute Gasteiger partial charge is 0.494 e. The first-order valence-electron chi connectivity index (χ1n) is 9.07. The molecule has 0 aromatic heterocycles. The lowest BCUT2D eigenvalue weighted by atomic mass is 10.1. The maximum Gasteiger partial charge on any atom is 0.312 e. The number of carbonyl (C=O) groups is 3. The van der Waals surface area contributed by atoms with Crippen LogP contribution in [-0.2, 0) is 19.1 Å². The molecule has 146 valence electrons. The maximum atomic E-state index is 12.6. The normalized spacial score (nSPS) is 17.2. The number of hydrogen-bond donors (Lipinski definition) is 1. The van der Waals surface area contributed by atoms with Crippen molar-refractivity contribution in [3.05, 3.63) is 60.2 Å². The molecule has 28 heavy (non-hydrogen) atoms. The van der Waals surface area contributed by atoms with E-state index in [1.165, 1.54) is 4.90 Å². The van der Waals surface area contributed by atoms with Crippen molar-refractivity contribution in [2.75, 3.05) is 18.1 Å². The summed E-state index contributed by atoms with van der Waals surface area (Å²) >= 11 is 0. The molecule has 0 saturated carbocycles. The Morgan fingerprint density at radius 2 is 1.82 bits per heavy atom. The van der Waals surface area contributed by atoms with Gasteiger partial charge >= 0.3 is 5.97 Å². The Morgan fingerprint density at radius 3 is 2.43 bits per heavy atom. The van der Waals surface area contributed by atoms with E-state index >= 15 is 0 Å². The molecule has 2 aromatic carbocycles. The van der Waals surface area contributed by atoms with Gasteiger partial charge in [-0.15, -0.1) is 0 Å². The van der Waals surface area contributed by atoms with E-state index in [1.54, 1.807) is 54.6 Å². The van der Waals surface area contributed by atoms with Crippen molar-refractivity contribution >= 4 is 23.5 Å². The van der Waals surface area contributed by atoms with Crippen LogP contribution in [0.15, 0.2) is 54.6 Å². The lowest BCUT2D eigenvalue weighted by Crippen LogP contribution is -2.30. The van der Waals surface area contributed by atoms with Crippen LogP contribution in [0.1, 0.15) is 25.0 Å². The maximum absolute atomic E-state index is 12.6. The molecule has 0 bridgehead atoms. The van der Waals surface area contributed by atoms with Crippen LogP contribution < -0.4 is 15.4 Å². The molecule has 2 aromatic rings. The van der Waals surface area contributed by atoms with Crippen molar-refractivity contribution in [3.63, 3.8) is 0 Å². The van der Waals surface area contributed by atoms with Crippen LogP contribution in [0.25, 0.3) is 0 Å². The predicted octanol–water partition coefficient (Wildman–Crippen LogP) is 2.21. The summed E-state index contributed by atoms with van der Waals surface area (Å²) in [5, 5.41) is 0. The smallest absolute Gasteiger partial charge is 0.312 e. The summed E-state index contributed by atoms with van der Waals surface area (Å²) in [5.74, 6) is -1.51. The quantitative estimate of drug-likeness (QED) is 0.740. The van der Waals surface area contributed by atoms with Gasteiger partial charge < -0.3 is 20.1 Å². The summed E-state index contributed by atoms with van der Waals surface area (Å²) in [6, 6.07) is 15.7. The number of esters is 1. The van der Waals surface area contributed by atoms with Crippen LogP contribution >= 0.6 is 0 Å². The van der Waals surface area contributed by atoms with Crippen LogP contribution in [-0.4, -0.2) is 30.9 Å². The third-order valence-corrected chi connectivity index (χ3v) is 4.51. The molecule has 2 amide bonds. The van der Waals surface area contributed by atoms with Gasteiger partial charge in [-0.3, -0.25) is 14.4 Å². The molecule has 7 heteroatoms. The first-order chi connectivity index (χ1) is 13.5. The van der Waals surface area contributed by atoms with Crippen molar-refractivity contribution in [1.82, 2.24) is 0 Å². The molecule has 3 rings (SSSR count). The summed E-state index contributed by atoms with van der Waals surface area (Å²) in [4.78, 5) is 38.2. The van der Waals surface area contributed by atoms with Gasteiger partial charge in [-0.1, -0.05) is 30.3 Å². The zero-order valence-corrected chi connectivity index (χ0v) is 15.5. The minimum absolute atomic E-state index is 0.0202. The molecular formula is C21H22N2O5. The second-order valence-electron chi connectivity index (χ2n) is 6.46. The third kappa shape index (κ3) is 4.31. The molecule has 0 aliphatic carbocycles. The van der Waals surface area contributed by atoms with Crippen LogP contribution in [0.5, 0.6) is 5.75 Å². The second-order valence-corrected chi connectivity index (χ2v) is 6.46. The molecule has 0 unspecified atom stereocenters. The van der Waals surface area contributed by atoms with E-state index in [2.05, 4.69) is 0 Å². The van der Waals surface area contributed by atoms with E-state index in [4.69, 9.17) is 15.2 Å². The number of ether oxygens (including phenoxy) is 2. The molecule has 1 aliphatic rings. The van der Waals surface area contributed by atoms with E-state index in [1.807, 2.05) is 6.92 Å². The number of anilines is 1. The molecule has 1 heterocycles. The van der Waals surface area contributed by atoms with Crippen LogP contribution in [0.2, 0.25) is 0 Å². The van der Waals surface area contributed by atoms with Gasteiger partial charge in [0.2, 0.25) is 12.0 Å². The number of nitrogens with zero attached hydrogens (tertiary/aromatic N) is 1. The lowest BCUT2D eigenvalue weighted by Gasteiger charge is -2.19. The number of amides is 2. The molecule has 0 radical (unpaired) electrons. The fraction of sp³-hybridized carbons (Fsp3) is 0.286. The zero-order chi connectivity index (χ0) is 20.1. The van der Waals surface area contributed by atoms with Crippen LogP contribution in [0, 0.1) is 5.92 Å². The topological polar surface area (TPSA) is 98.9 Å². The number of rotatable bonds is 7. The Morgan fingerprint density at radius 1 is 1.14 bits per heavy atom. The molecule has 1 saturated heterocycles. The Labute approximate surface area is 163 Å². The second kappa shape index (κ2) is 8.56. The highest BCUT2D eigenvalue weighted by Gasteiger charge is 2.38. The third-order valence-electron chi connectivity index (χ3n) is 4.51. The van der Waals surface area contributed by atoms with E-state index in [9.17, 15) is 14.4 Å². The molecule has 7 nitrogen and oxygen atoms in total. The van der Waals surface area contributed by atoms with Crippen molar-refractivity contribution in [2.24, 2.45) is 11.7 Å². The van der Waals surface area contributed by atoms with Gasteiger partial charge in [0, 0.05) is 24.2 Å². The first-order valence-corrected chi connectivity index (χ1v) is 9.07. The first kappa shape index (κ1) is 19.4. The highest BCUT2D eigenvalue weighted by Crippen LogP contribution is 2.29. The van der Waals surface area contributed by atoms with Crippen molar-refractivity contribution < 1.29 is 23.9 Å². The van der Waals surface area contributed by atoms with E-state index < -0.39 is 23.9 Å². The lowest BCUT2D eigenvalue weighted by molar-refractivity contribution is -0.159. The van der Waals surface area contributed by atoms with Crippen molar-refractivity contribution in [2.45, 2.75) is 19.4 Å². The molecular weight excluding hydrogens is 360 g/mol. The molecule has 0 spiro atoms. The highest BCUT2D eigenvalue weighted by atomic mass is 16.5. The minimum atomic E-state index is -1.18. The summed E-state index contributed by atoms with van der Waals surface area (Å²) < 4.78 is 10.7. The summed E-state index contributed by atoms with van der Waals surface area (Å²) in [7, 11) is 0. The van der Waals surface area contributed by atoms with E-state index in [-0.39, 0.29) is 18.9 Å². The standard InChI is InChI=1S/C21H22N2O5/c1-2-27-17-10-8-16(9-11-17)23-13-15(12-18(23)24)21(26)28-19(20(22)25)14-6-4-3-5-7-14/h3-11,15,19H,2,12-13H2,1H3,(H2,22,25)/t15-,19+/m1/s1. The SMILES string of the molecule is CCOc1ccc(N2C[C@H](C(=O)O[C@H](C(N)=O)c3ccccc3)CC2=O)cc1.